The molecule has 7 nitrogen and oxygen atoms in total. The molecule has 0 radical (unpaired) electrons. The summed E-state index contributed by atoms with van der Waals surface area (Å²) < 4.78 is 24.8. The predicted molar refractivity (Wildman–Crippen MR) is 127 cm³/mol. The van der Waals surface area contributed by atoms with Crippen molar-refractivity contribution in [1.29, 1.82) is 0 Å². The zero-order chi connectivity index (χ0) is 22.0. The number of nitrogens with two attached hydrogens (primary N) is 1. The fourth-order valence-electron chi connectivity index (χ4n) is 3.24. The van der Waals surface area contributed by atoms with Crippen LogP contribution in [0.2, 0.25) is 0 Å². The van der Waals surface area contributed by atoms with Crippen LogP contribution in [0.4, 0.5) is 5.69 Å². The highest BCUT2D eigenvalue weighted by atomic mass is 127. The fourth-order valence-corrected chi connectivity index (χ4v) is 4.36. The van der Waals surface area contributed by atoms with Gasteiger partial charge in [0.05, 0.1) is 10.6 Å². The second kappa shape index (κ2) is 8.77. The van der Waals surface area contributed by atoms with Gasteiger partial charge in [0.1, 0.15) is 0 Å². The second-order valence-corrected chi connectivity index (χ2v) is 9.73. The number of halogens is 1. The number of amides is 1. The Morgan fingerprint density at radius 1 is 1.00 bits per heavy atom. The Balaban J connectivity index is 1.43. The third kappa shape index (κ3) is 4.94. The molecule has 31 heavy (non-hydrogen) atoms. The van der Waals surface area contributed by atoms with Crippen LogP contribution >= 0.6 is 22.6 Å². The highest BCUT2D eigenvalue weighted by molar-refractivity contribution is 14.1. The molecule has 1 aliphatic heterocycles. The molecule has 0 spiro atoms. The molecule has 0 aromatic heterocycles. The quantitative estimate of drug-likeness (QED) is 0.475. The lowest BCUT2D eigenvalue weighted by molar-refractivity contribution is -0.125. The van der Waals surface area contributed by atoms with Crippen molar-refractivity contribution in [3.8, 4) is 11.1 Å². The minimum absolute atomic E-state index is 0.0476. The van der Waals surface area contributed by atoms with E-state index in [9.17, 15) is 13.2 Å². The largest absolute Gasteiger partial charge is 0.382 e. The number of hydrogen-bond acceptors (Lipinski definition) is 5. The molecule has 4 rings (SSSR count). The molecule has 1 heterocycles. The summed E-state index contributed by atoms with van der Waals surface area (Å²) in [7, 11) is -3.85. The maximum absolute atomic E-state index is 12.6. The molecule has 3 N–H and O–H groups in total. The Kier molecular flexibility index (Phi) is 6.08. The minimum atomic E-state index is -3.85. The molecule has 0 aliphatic carbocycles. The highest BCUT2D eigenvalue weighted by Gasteiger charge is 2.29. The Morgan fingerprint density at radius 2 is 1.65 bits per heavy atom. The van der Waals surface area contributed by atoms with Crippen LogP contribution in [0, 0.1) is 3.57 Å². The molecular weight excluding hydrogens is 529 g/mol. The van der Waals surface area contributed by atoms with E-state index in [2.05, 4.69) is 33.1 Å². The Labute approximate surface area is 193 Å². The maximum Gasteiger partial charge on any atom is 0.268 e. The maximum atomic E-state index is 12.6. The van der Waals surface area contributed by atoms with Crippen molar-refractivity contribution in [2.24, 2.45) is 10.3 Å². The Hall–Kier alpha value is -2.76. The summed E-state index contributed by atoms with van der Waals surface area (Å²) in [6.07, 6.45) is -0.330. The summed E-state index contributed by atoms with van der Waals surface area (Å²) in [6, 6.07) is 21.2. The second-order valence-electron chi connectivity index (χ2n) is 6.95. The predicted octanol–water partition coefficient (Wildman–Crippen LogP) is 3.74. The lowest BCUT2D eigenvalue weighted by Crippen LogP contribution is -2.28. The van der Waals surface area contributed by atoms with Gasteiger partial charge in [0.25, 0.3) is 5.91 Å². The van der Waals surface area contributed by atoms with E-state index in [0.717, 1.165) is 14.8 Å². The van der Waals surface area contributed by atoms with E-state index in [-0.39, 0.29) is 10.8 Å². The van der Waals surface area contributed by atoms with Gasteiger partial charge in [0, 0.05) is 21.2 Å². The standard InChI is InChI=1S/C22H18IN3O4S/c23-16-9-5-15(6-10-16)19-13-20(30-26-19)22(27)25-17-11-7-14(8-12-17)18-3-1-2-4-21(18)31(24,28)29/h1-12,20H,13H2,(H,25,27)(H2,24,28,29). The molecule has 1 amide bonds. The van der Waals surface area contributed by atoms with Crippen molar-refractivity contribution in [2.45, 2.75) is 17.4 Å². The zero-order valence-corrected chi connectivity index (χ0v) is 19.1. The van der Waals surface area contributed by atoms with Gasteiger partial charge in [-0.05, 0) is 64.0 Å². The summed E-state index contributed by atoms with van der Waals surface area (Å²) >= 11 is 2.23. The zero-order valence-electron chi connectivity index (χ0n) is 16.2. The summed E-state index contributed by atoms with van der Waals surface area (Å²) in [5.74, 6) is -0.304. The number of anilines is 1. The first-order chi connectivity index (χ1) is 14.8. The molecule has 1 aliphatic rings. The van der Waals surface area contributed by atoms with Crippen molar-refractivity contribution in [1.82, 2.24) is 0 Å². The number of rotatable bonds is 5. The Morgan fingerprint density at radius 3 is 2.32 bits per heavy atom. The van der Waals surface area contributed by atoms with Crippen molar-refractivity contribution < 1.29 is 18.0 Å². The van der Waals surface area contributed by atoms with Crippen molar-refractivity contribution >= 4 is 49.9 Å². The van der Waals surface area contributed by atoms with Gasteiger partial charge in [-0.2, -0.15) is 0 Å². The molecule has 0 saturated carbocycles. The summed E-state index contributed by atoms with van der Waals surface area (Å²) in [4.78, 5) is 18.0. The highest BCUT2D eigenvalue weighted by Crippen LogP contribution is 2.28. The SMILES string of the molecule is NS(=O)(=O)c1ccccc1-c1ccc(NC(=O)C2CC(c3ccc(I)cc3)=NO2)cc1. The number of sulfonamides is 1. The van der Waals surface area contributed by atoms with E-state index >= 15 is 0 Å². The van der Waals surface area contributed by atoms with Gasteiger partial charge in [-0.15, -0.1) is 0 Å². The topological polar surface area (TPSA) is 111 Å². The number of carbonyl (C=O) groups excluding carboxylic acids is 1. The molecule has 3 aromatic carbocycles. The van der Waals surface area contributed by atoms with Crippen molar-refractivity contribution in [2.75, 3.05) is 5.32 Å². The Bertz CT molecular complexity index is 1260. The molecular formula is C22H18IN3O4S. The first-order valence-electron chi connectivity index (χ1n) is 9.33. The van der Waals surface area contributed by atoms with Crippen LogP contribution in [0.25, 0.3) is 11.1 Å². The number of carbonyl (C=O) groups is 1. The van der Waals surface area contributed by atoms with E-state index < -0.39 is 16.1 Å². The number of benzene rings is 3. The smallest absolute Gasteiger partial charge is 0.268 e. The molecule has 3 aromatic rings. The van der Waals surface area contributed by atoms with Crippen LogP contribution in [0.1, 0.15) is 12.0 Å². The average molecular weight is 547 g/mol. The van der Waals surface area contributed by atoms with E-state index in [4.69, 9.17) is 9.98 Å². The van der Waals surface area contributed by atoms with E-state index in [0.29, 0.717) is 23.2 Å². The fraction of sp³-hybridized carbons (Fsp3) is 0.0909. The lowest BCUT2D eigenvalue weighted by Gasteiger charge is -2.11. The number of oxime groups is 1. The lowest BCUT2D eigenvalue weighted by atomic mass is 10.0. The van der Waals surface area contributed by atoms with Gasteiger partial charge in [-0.1, -0.05) is 47.6 Å². The van der Waals surface area contributed by atoms with Crippen LogP contribution in [0.3, 0.4) is 0 Å². The number of primary sulfonamides is 1. The van der Waals surface area contributed by atoms with E-state index in [1.54, 1.807) is 42.5 Å². The molecule has 0 bridgehead atoms. The first kappa shape index (κ1) is 21.5. The summed E-state index contributed by atoms with van der Waals surface area (Å²) in [5, 5.41) is 12.2. The summed E-state index contributed by atoms with van der Waals surface area (Å²) in [6.45, 7) is 0. The van der Waals surface area contributed by atoms with Gasteiger partial charge >= 0.3 is 0 Å². The number of nitrogens with one attached hydrogen (secondary N) is 1. The third-order valence-corrected chi connectivity index (χ3v) is 6.48. The summed E-state index contributed by atoms with van der Waals surface area (Å²) in [5.41, 5.74) is 3.38. The van der Waals surface area contributed by atoms with E-state index in [1.165, 1.54) is 6.07 Å². The van der Waals surface area contributed by atoms with Crippen LogP contribution in [-0.2, 0) is 19.7 Å². The van der Waals surface area contributed by atoms with Crippen LogP contribution in [0.15, 0.2) is 82.8 Å². The van der Waals surface area contributed by atoms with Gasteiger partial charge in [0.15, 0.2) is 0 Å². The average Bonchev–Trinajstić information content (AvgIpc) is 3.25. The molecule has 158 valence electrons. The minimum Gasteiger partial charge on any atom is -0.382 e. The van der Waals surface area contributed by atoms with Crippen molar-refractivity contribution in [3.63, 3.8) is 0 Å². The van der Waals surface area contributed by atoms with Crippen LogP contribution in [-0.4, -0.2) is 26.1 Å². The normalized spacial score (nSPS) is 15.8. The molecule has 1 unspecified atom stereocenters. The third-order valence-electron chi connectivity index (χ3n) is 4.80. The number of hydrogen-bond donors (Lipinski definition) is 2. The van der Waals surface area contributed by atoms with Gasteiger partial charge in [0.2, 0.25) is 16.1 Å². The molecule has 9 heteroatoms. The van der Waals surface area contributed by atoms with Crippen LogP contribution in [0.5, 0.6) is 0 Å². The number of nitrogens with zero attached hydrogens (tertiary/aromatic N) is 1. The molecule has 0 saturated heterocycles. The monoisotopic (exact) mass is 547 g/mol. The van der Waals surface area contributed by atoms with Gasteiger partial charge in [-0.25, -0.2) is 13.6 Å². The van der Waals surface area contributed by atoms with E-state index in [1.807, 2.05) is 24.3 Å². The van der Waals surface area contributed by atoms with Gasteiger partial charge < -0.3 is 10.2 Å². The van der Waals surface area contributed by atoms with Gasteiger partial charge in [-0.3, -0.25) is 4.79 Å². The molecule has 0 fully saturated rings. The van der Waals surface area contributed by atoms with Crippen LogP contribution < -0.4 is 10.5 Å². The molecule has 1 atom stereocenters. The van der Waals surface area contributed by atoms with Crippen molar-refractivity contribution in [3.05, 3.63) is 81.9 Å². The first-order valence-corrected chi connectivity index (χ1v) is 12.0.